The minimum absolute atomic E-state index is 0.106. The number of hydrogen-bond acceptors (Lipinski definition) is 2. The van der Waals surface area contributed by atoms with Crippen molar-refractivity contribution in [3.8, 4) is 5.75 Å². The summed E-state index contributed by atoms with van der Waals surface area (Å²) >= 11 is 6.02. The molecule has 0 amide bonds. The van der Waals surface area contributed by atoms with Crippen molar-refractivity contribution in [3.63, 3.8) is 0 Å². The van der Waals surface area contributed by atoms with Gasteiger partial charge < -0.3 is 10.1 Å². The summed E-state index contributed by atoms with van der Waals surface area (Å²) in [7, 11) is 0. The van der Waals surface area contributed by atoms with Crippen LogP contribution in [0.4, 0.5) is 0 Å². The van der Waals surface area contributed by atoms with Crippen LogP contribution >= 0.6 is 11.6 Å². The molecule has 1 aromatic carbocycles. The Kier molecular flexibility index (Phi) is 5.10. The van der Waals surface area contributed by atoms with Gasteiger partial charge in [-0.3, -0.25) is 0 Å². The van der Waals surface area contributed by atoms with Crippen LogP contribution in [0.5, 0.6) is 5.75 Å². The van der Waals surface area contributed by atoms with Crippen molar-refractivity contribution in [3.05, 3.63) is 29.3 Å². The van der Waals surface area contributed by atoms with Crippen LogP contribution in [-0.4, -0.2) is 19.7 Å². The van der Waals surface area contributed by atoms with Gasteiger partial charge in [0.25, 0.3) is 0 Å². The van der Waals surface area contributed by atoms with Crippen LogP contribution in [-0.2, 0) is 0 Å². The minimum atomic E-state index is 0.106. The number of hydrogen-bond donors (Lipinski definition) is 1. The summed E-state index contributed by atoms with van der Waals surface area (Å²) in [4.78, 5) is 0. The molecule has 0 bridgehead atoms. The van der Waals surface area contributed by atoms with Crippen LogP contribution in [0.25, 0.3) is 0 Å². The Hall–Kier alpha value is -0.730. The smallest absolute Gasteiger partial charge is 0.137 e. The molecule has 0 aliphatic rings. The molecule has 1 aromatic rings. The van der Waals surface area contributed by atoms with Gasteiger partial charge in [-0.25, -0.2) is 0 Å². The van der Waals surface area contributed by atoms with E-state index < -0.39 is 0 Å². The van der Waals surface area contributed by atoms with E-state index in [-0.39, 0.29) is 5.41 Å². The largest absolute Gasteiger partial charge is 0.491 e. The van der Waals surface area contributed by atoms with E-state index in [9.17, 15) is 0 Å². The molecular formula is C13H20ClNO. The summed E-state index contributed by atoms with van der Waals surface area (Å²) in [5.41, 5.74) is 0.106. The first-order valence-electron chi connectivity index (χ1n) is 5.63. The summed E-state index contributed by atoms with van der Waals surface area (Å²) in [6.45, 7) is 9.03. The highest BCUT2D eigenvalue weighted by atomic mass is 35.5. The summed E-state index contributed by atoms with van der Waals surface area (Å²) < 4.78 is 5.73. The van der Waals surface area contributed by atoms with Crippen LogP contribution < -0.4 is 10.1 Å². The molecule has 0 radical (unpaired) electrons. The molecule has 0 fully saturated rings. The minimum Gasteiger partial charge on any atom is -0.491 e. The zero-order valence-electron chi connectivity index (χ0n) is 10.2. The lowest BCUT2D eigenvalue weighted by Crippen LogP contribution is -2.34. The first-order chi connectivity index (χ1) is 7.55. The molecule has 0 saturated carbocycles. The molecule has 0 saturated heterocycles. The van der Waals surface area contributed by atoms with Gasteiger partial charge in [-0.1, -0.05) is 44.5 Å². The molecule has 0 aliphatic carbocycles. The molecular weight excluding hydrogens is 222 g/mol. The zero-order valence-corrected chi connectivity index (χ0v) is 11.0. The maximum Gasteiger partial charge on any atom is 0.137 e. The number of ether oxygens (including phenoxy) is 1. The van der Waals surface area contributed by atoms with E-state index in [1.165, 1.54) is 0 Å². The fourth-order valence-electron chi connectivity index (χ4n) is 1.35. The SMILES string of the molecule is CCNCC(C)(C)COc1ccccc1Cl. The van der Waals surface area contributed by atoms with Crippen molar-refractivity contribution in [2.45, 2.75) is 20.8 Å². The van der Waals surface area contributed by atoms with Crippen molar-refractivity contribution >= 4 is 11.6 Å². The Morgan fingerprint density at radius 3 is 2.62 bits per heavy atom. The topological polar surface area (TPSA) is 21.3 Å². The monoisotopic (exact) mass is 241 g/mol. The van der Waals surface area contributed by atoms with Gasteiger partial charge in [-0.15, -0.1) is 0 Å². The van der Waals surface area contributed by atoms with Crippen LogP contribution in [0.15, 0.2) is 24.3 Å². The van der Waals surface area contributed by atoms with E-state index in [0.29, 0.717) is 11.6 Å². The highest BCUT2D eigenvalue weighted by Gasteiger charge is 2.18. The molecule has 16 heavy (non-hydrogen) atoms. The molecule has 3 heteroatoms. The molecule has 0 spiro atoms. The van der Waals surface area contributed by atoms with Crippen molar-refractivity contribution in [2.24, 2.45) is 5.41 Å². The van der Waals surface area contributed by atoms with Crippen molar-refractivity contribution in [2.75, 3.05) is 19.7 Å². The summed E-state index contributed by atoms with van der Waals surface area (Å²) in [5, 5.41) is 3.99. The van der Waals surface area contributed by atoms with E-state index in [0.717, 1.165) is 18.8 Å². The predicted molar refractivity (Wildman–Crippen MR) is 69.3 cm³/mol. The van der Waals surface area contributed by atoms with Crippen molar-refractivity contribution in [1.82, 2.24) is 5.32 Å². The molecule has 0 atom stereocenters. The second-order valence-corrected chi connectivity index (χ2v) is 5.07. The van der Waals surface area contributed by atoms with E-state index in [1.54, 1.807) is 0 Å². The lowest BCUT2D eigenvalue weighted by atomic mass is 9.95. The van der Waals surface area contributed by atoms with Crippen molar-refractivity contribution in [1.29, 1.82) is 0 Å². The molecule has 1 rings (SSSR count). The maximum absolute atomic E-state index is 6.02. The number of para-hydroxylation sites is 1. The highest BCUT2D eigenvalue weighted by Crippen LogP contribution is 2.25. The first-order valence-corrected chi connectivity index (χ1v) is 6.01. The van der Waals surface area contributed by atoms with Crippen LogP contribution in [0.2, 0.25) is 5.02 Å². The van der Waals surface area contributed by atoms with Gasteiger partial charge in [0.05, 0.1) is 11.6 Å². The lowest BCUT2D eigenvalue weighted by molar-refractivity contribution is 0.177. The Morgan fingerprint density at radius 2 is 2.00 bits per heavy atom. The van der Waals surface area contributed by atoms with Gasteiger partial charge in [-0.2, -0.15) is 0 Å². The third-order valence-electron chi connectivity index (χ3n) is 2.31. The lowest BCUT2D eigenvalue weighted by Gasteiger charge is -2.25. The molecule has 0 aliphatic heterocycles. The van der Waals surface area contributed by atoms with Gasteiger partial charge in [-0.05, 0) is 18.7 Å². The third-order valence-corrected chi connectivity index (χ3v) is 2.62. The van der Waals surface area contributed by atoms with Gasteiger partial charge >= 0.3 is 0 Å². The van der Waals surface area contributed by atoms with Crippen LogP contribution in [0.3, 0.4) is 0 Å². The fourth-order valence-corrected chi connectivity index (χ4v) is 1.54. The Morgan fingerprint density at radius 1 is 1.31 bits per heavy atom. The van der Waals surface area contributed by atoms with E-state index in [2.05, 4.69) is 26.1 Å². The highest BCUT2D eigenvalue weighted by molar-refractivity contribution is 6.32. The second kappa shape index (κ2) is 6.12. The van der Waals surface area contributed by atoms with E-state index >= 15 is 0 Å². The number of halogens is 1. The molecule has 1 N–H and O–H groups in total. The summed E-state index contributed by atoms with van der Waals surface area (Å²) in [5.74, 6) is 0.758. The van der Waals surface area contributed by atoms with Crippen LogP contribution in [0, 0.1) is 5.41 Å². The Labute approximate surface area is 103 Å². The Bertz CT molecular complexity index is 325. The quantitative estimate of drug-likeness (QED) is 0.825. The zero-order chi connectivity index (χ0) is 12.0. The second-order valence-electron chi connectivity index (χ2n) is 4.66. The molecule has 0 heterocycles. The van der Waals surface area contributed by atoms with Gasteiger partial charge in [0.15, 0.2) is 0 Å². The third kappa shape index (κ3) is 4.42. The number of benzene rings is 1. The predicted octanol–water partition coefficient (Wildman–Crippen LogP) is 3.35. The molecule has 0 unspecified atom stereocenters. The number of nitrogens with one attached hydrogen (secondary N) is 1. The van der Waals surface area contributed by atoms with Crippen LogP contribution in [0.1, 0.15) is 20.8 Å². The molecule has 2 nitrogen and oxygen atoms in total. The van der Waals surface area contributed by atoms with E-state index in [4.69, 9.17) is 16.3 Å². The normalized spacial score (nSPS) is 11.5. The van der Waals surface area contributed by atoms with Gasteiger partial charge in [0, 0.05) is 12.0 Å². The van der Waals surface area contributed by atoms with Gasteiger partial charge in [0.2, 0.25) is 0 Å². The average molecular weight is 242 g/mol. The summed E-state index contributed by atoms with van der Waals surface area (Å²) in [6, 6.07) is 7.57. The first kappa shape index (κ1) is 13.3. The standard InChI is InChI=1S/C13H20ClNO/c1-4-15-9-13(2,3)10-16-12-8-6-5-7-11(12)14/h5-8,15H,4,9-10H2,1-3H3. The van der Waals surface area contributed by atoms with Gasteiger partial charge in [0.1, 0.15) is 5.75 Å². The Balaban J connectivity index is 2.47. The molecule has 0 aromatic heterocycles. The molecule has 90 valence electrons. The average Bonchev–Trinajstić information content (AvgIpc) is 2.26. The number of rotatable bonds is 6. The van der Waals surface area contributed by atoms with Crippen molar-refractivity contribution < 1.29 is 4.74 Å². The maximum atomic E-state index is 6.02. The summed E-state index contributed by atoms with van der Waals surface area (Å²) in [6.07, 6.45) is 0. The fraction of sp³-hybridized carbons (Fsp3) is 0.538. The van der Waals surface area contributed by atoms with E-state index in [1.807, 2.05) is 24.3 Å².